The number of aliphatic hydroxyl groups is 1. The average Bonchev–Trinajstić information content (AvgIpc) is 3.19. The van der Waals surface area contributed by atoms with Crippen LogP contribution < -0.4 is 0 Å². The van der Waals surface area contributed by atoms with Gasteiger partial charge in [0.05, 0.1) is 19.3 Å². The lowest BCUT2D eigenvalue weighted by atomic mass is 10.1. The topological polar surface area (TPSA) is 78.9 Å². The lowest BCUT2D eigenvalue weighted by molar-refractivity contribution is -0.237. The maximum Gasteiger partial charge on any atom is 0.190 e. The van der Waals surface area contributed by atoms with Gasteiger partial charge in [-0.2, -0.15) is 0 Å². The zero-order valence-electron chi connectivity index (χ0n) is 17.3. The van der Waals surface area contributed by atoms with E-state index in [9.17, 15) is 5.11 Å². The molecule has 3 aliphatic heterocycles. The van der Waals surface area contributed by atoms with Gasteiger partial charge in [-0.05, 0) is 40.8 Å². The van der Waals surface area contributed by atoms with Crippen molar-refractivity contribution in [2.24, 2.45) is 0 Å². The number of fused-ring (bicyclic) bond motifs is 1. The molecule has 0 aromatic carbocycles. The summed E-state index contributed by atoms with van der Waals surface area (Å²) >= 11 is 0. The minimum atomic E-state index is -0.728. The van der Waals surface area contributed by atoms with E-state index >= 15 is 0 Å². The number of nitrogens with zero attached hydrogens (tertiary/aromatic N) is 1. The van der Waals surface area contributed by atoms with Gasteiger partial charge in [-0.25, -0.2) is 0 Å². The number of ether oxygens (including phenoxy) is 6. The van der Waals surface area contributed by atoms with Crippen molar-refractivity contribution in [2.45, 2.75) is 89.9 Å². The summed E-state index contributed by atoms with van der Waals surface area (Å²) in [7, 11) is 0. The van der Waals surface area contributed by atoms with Crippen molar-refractivity contribution in [1.82, 2.24) is 4.90 Å². The molecule has 0 spiro atoms. The van der Waals surface area contributed by atoms with Gasteiger partial charge in [-0.15, -0.1) is 0 Å². The van der Waals surface area contributed by atoms with E-state index < -0.39 is 30.1 Å². The first-order valence-corrected chi connectivity index (χ1v) is 9.99. The molecule has 8 heteroatoms. The van der Waals surface area contributed by atoms with Gasteiger partial charge in [0.2, 0.25) is 0 Å². The van der Waals surface area contributed by atoms with Gasteiger partial charge in [0, 0.05) is 6.54 Å². The van der Waals surface area contributed by atoms with E-state index in [-0.39, 0.29) is 24.9 Å². The Morgan fingerprint density at radius 1 is 1.04 bits per heavy atom. The third kappa shape index (κ3) is 5.00. The smallest absolute Gasteiger partial charge is 0.190 e. The van der Waals surface area contributed by atoms with Crippen LogP contribution in [0.1, 0.15) is 41.5 Å². The summed E-state index contributed by atoms with van der Waals surface area (Å²) in [5.41, 5.74) is 0. The molecule has 3 fully saturated rings. The third-order valence-corrected chi connectivity index (χ3v) is 5.27. The fraction of sp³-hybridized carbons (Fsp3) is 1.00. The largest absolute Gasteiger partial charge is 0.389 e. The summed E-state index contributed by atoms with van der Waals surface area (Å²) in [6.07, 6.45) is -2.51. The van der Waals surface area contributed by atoms with Crippen LogP contribution in [-0.4, -0.2) is 91.2 Å². The SMILES string of the molecule is CCN(CC)CC(O)CO[C@@H]1[C@H]2OC(C)(C)O[C@H]2O[C@@H]1[C@H]1COC(C)(C)O1. The molecular weight excluding hydrogens is 354 g/mol. The highest BCUT2D eigenvalue weighted by atomic mass is 16.8. The van der Waals surface area contributed by atoms with Crippen LogP contribution in [0.15, 0.2) is 0 Å². The van der Waals surface area contributed by atoms with Crippen molar-refractivity contribution in [1.29, 1.82) is 0 Å². The number of likely N-dealkylation sites (N-methyl/N-ethyl adjacent to an activating group) is 1. The van der Waals surface area contributed by atoms with E-state index in [4.69, 9.17) is 28.4 Å². The summed E-state index contributed by atoms with van der Waals surface area (Å²) in [4.78, 5) is 2.16. The predicted molar refractivity (Wildman–Crippen MR) is 97.1 cm³/mol. The molecule has 3 aliphatic rings. The molecule has 0 saturated carbocycles. The predicted octanol–water partition coefficient (Wildman–Crippen LogP) is 1.10. The van der Waals surface area contributed by atoms with E-state index in [0.717, 1.165) is 13.1 Å². The standard InChI is InChI=1S/C19H35NO7/c1-7-20(8-2)9-12(21)10-22-15-14(13-11-23-18(3,4)25-13)24-17-16(15)26-19(5,6)27-17/h12-17,21H,7-11H2,1-6H3/t12?,13-,14-,15+,16-,17-/m1/s1. The lowest BCUT2D eigenvalue weighted by Gasteiger charge is -2.30. The van der Waals surface area contributed by atoms with E-state index in [1.165, 1.54) is 0 Å². The van der Waals surface area contributed by atoms with E-state index in [2.05, 4.69) is 18.7 Å². The van der Waals surface area contributed by atoms with Crippen molar-refractivity contribution >= 4 is 0 Å². The molecule has 0 bridgehead atoms. The van der Waals surface area contributed by atoms with Crippen LogP contribution in [0.2, 0.25) is 0 Å². The monoisotopic (exact) mass is 389 g/mol. The van der Waals surface area contributed by atoms with E-state index in [1.807, 2.05) is 27.7 Å². The molecule has 6 atom stereocenters. The highest BCUT2D eigenvalue weighted by Crippen LogP contribution is 2.41. The Hall–Kier alpha value is -0.320. The zero-order chi connectivity index (χ0) is 19.8. The van der Waals surface area contributed by atoms with Crippen LogP contribution in [0.3, 0.4) is 0 Å². The van der Waals surface area contributed by atoms with Gasteiger partial charge in [-0.3, -0.25) is 0 Å². The molecule has 3 heterocycles. The van der Waals surface area contributed by atoms with Gasteiger partial charge in [-0.1, -0.05) is 13.8 Å². The molecule has 0 aliphatic carbocycles. The van der Waals surface area contributed by atoms with Gasteiger partial charge >= 0.3 is 0 Å². The molecule has 3 saturated heterocycles. The normalized spacial score (nSPS) is 38.4. The Kier molecular flexibility index (Phi) is 6.49. The Bertz CT molecular complexity index is 496. The summed E-state index contributed by atoms with van der Waals surface area (Å²) in [6.45, 7) is 14.6. The number of aliphatic hydroxyl groups excluding tert-OH is 1. The molecule has 158 valence electrons. The van der Waals surface area contributed by atoms with Crippen molar-refractivity contribution in [3.05, 3.63) is 0 Å². The minimum absolute atomic E-state index is 0.199. The second kappa shape index (κ2) is 8.20. The van der Waals surface area contributed by atoms with Crippen molar-refractivity contribution < 1.29 is 33.5 Å². The van der Waals surface area contributed by atoms with Crippen molar-refractivity contribution in [3.8, 4) is 0 Å². The maximum atomic E-state index is 10.4. The van der Waals surface area contributed by atoms with Crippen LogP contribution in [0.4, 0.5) is 0 Å². The van der Waals surface area contributed by atoms with Crippen LogP contribution in [0.5, 0.6) is 0 Å². The summed E-state index contributed by atoms with van der Waals surface area (Å²) in [5.74, 6) is -1.38. The highest BCUT2D eigenvalue weighted by Gasteiger charge is 2.59. The molecule has 3 rings (SSSR count). The Labute approximate surface area is 162 Å². The molecule has 8 nitrogen and oxygen atoms in total. The fourth-order valence-corrected chi connectivity index (χ4v) is 3.93. The number of rotatable bonds is 8. The summed E-state index contributed by atoms with van der Waals surface area (Å²) < 4.78 is 35.8. The van der Waals surface area contributed by atoms with Crippen LogP contribution in [-0.2, 0) is 28.4 Å². The van der Waals surface area contributed by atoms with Gasteiger partial charge in [0.1, 0.15) is 24.4 Å². The molecule has 0 aromatic rings. The Morgan fingerprint density at radius 2 is 1.74 bits per heavy atom. The second-order valence-corrected chi connectivity index (χ2v) is 8.37. The molecule has 0 amide bonds. The minimum Gasteiger partial charge on any atom is -0.389 e. The van der Waals surface area contributed by atoms with Gasteiger partial charge < -0.3 is 38.4 Å². The second-order valence-electron chi connectivity index (χ2n) is 8.37. The molecule has 0 radical (unpaired) electrons. The van der Waals surface area contributed by atoms with Crippen LogP contribution in [0, 0.1) is 0 Å². The number of hydrogen-bond acceptors (Lipinski definition) is 8. The van der Waals surface area contributed by atoms with Crippen LogP contribution >= 0.6 is 0 Å². The Morgan fingerprint density at radius 3 is 2.33 bits per heavy atom. The molecule has 0 aromatic heterocycles. The lowest BCUT2D eigenvalue weighted by Crippen LogP contribution is -2.46. The summed E-state index contributed by atoms with van der Waals surface area (Å²) in [6, 6.07) is 0. The van der Waals surface area contributed by atoms with E-state index in [0.29, 0.717) is 13.2 Å². The fourth-order valence-electron chi connectivity index (χ4n) is 3.93. The quantitative estimate of drug-likeness (QED) is 0.661. The van der Waals surface area contributed by atoms with Crippen molar-refractivity contribution in [2.75, 3.05) is 32.8 Å². The van der Waals surface area contributed by atoms with Crippen molar-refractivity contribution in [3.63, 3.8) is 0 Å². The first-order valence-electron chi connectivity index (χ1n) is 9.99. The van der Waals surface area contributed by atoms with E-state index in [1.54, 1.807) is 0 Å². The summed E-state index contributed by atoms with van der Waals surface area (Å²) in [5, 5.41) is 10.4. The first-order chi connectivity index (χ1) is 12.6. The maximum absolute atomic E-state index is 10.4. The molecule has 1 unspecified atom stereocenters. The third-order valence-electron chi connectivity index (χ3n) is 5.27. The zero-order valence-corrected chi connectivity index (χ0v) is 17.3. The number of hydrogen-bond donors (Lipinski definition) is 1. The van der Waals surface area contributed by atoms with Gasteiger partial charge in [0.15, 0.2) is 17.9 Å². The Balaban J connectivity index is 1.64. The van der Waals surface area contributed by atoms with Gasteiger partial charge in [0.25, 0.3) is 0 Å². The molecule has 1 N–H and O–H groups in total. The van der Waals surface area contributed by atoms with Crippen LogP contribution in [0.25, 0.3) is 0 Å². The highest BCUT2D eigenvalue weighted by molar-refractivity contribution is 4.99. The average molecular weight is 389 g/mol. The molecule has 27 heavy (non-hydrogen) atoms. The first kappa shape index (κ1) is 21.4. The molecular formula is C19H35NO7.